The Hall–Kier alpha value is -2.44. The fourth-order valence-electron chi connectivity index (χ4n) is 3.86. The third kappa shape index (κ3) is 3.75. The molecule has 2 aromatic heterocycles. The second-order valence-electron chi connectivity index (χ2n) is 7.53. The molecule has 1 aliphatic heterocycles. The largest absolute Gasteiger partial charge is 0.281 e. The van der Waals surface area contributed by atoms with Crippen LogP contribution in [0.3, 0.4) is 0 Å². The van der Waals surface area contributed by atoms with Gasteiger partial charge in [0.25, 0.3) is 0 Å². The van der Waals surface area contributed by atoms with Gasteiger partial charge in [-0.25, -0.2) is 4.39 Å². The van der Waals surface area contributed by atoms with Gasteiger partial charge in [0.2, 0.25) is 0 Å². The van der Waals surface area contributed by atoms with Gasteiger partial charge in [-0.15, -0.1) is 0 Å². The molecule has 0 amide bonds. The van der Waals surface area contributed by atoms with Crippen LogP contribution in [-0.2, 0) is 0 Å². The van der Waals surface area contributed by atoms with Crippen LogP contribution in [0.25, 0.3) is 22.4 Å². The van der Waals surface area contributed by atoms with Crippen molar-refractivity contribution in [2.45, 2.75) is 18.8 Å². The molecule has 0 atom stereocenters. The Kier molecular flexibility index (Phi) is 5.08. The monoisotopic (exact) mass is 396 g/mol. The summed E-state index contributed by atoms with van der Waals surface area (Å²) in [6, 6.07) is 10.5. The number of aromatic nitrogens is 3. The number of rotatable bonds is 4. The number of pyridine rings is 1. The van der Waals surface area contributed by atoms with Crippen LogP contribution in [0.4, 0.5) is 4.39 Å². The molecule has 1 fully saturated rings. The maximum atomic E-state index is 13.4. The Morgan fingerprint density at radius 2 is 1.68 bits per heavy atom. The molecule has 0 radical (unpaired) electrons. The summed E-state index contributed by atoms with van der Waals surface area (Å²) >= 11 is 0. The second-order valence-corrected chi connectivity index (χ2v) is 10.5. The molecule has 6 heteroatoms. The van der Waals surface area contributed by atoms with Crippen molar-refractivity contribution in [3.8, 4) is 22.4 Å². The number of hydrogen-bond acceptors (Lipinski definition) is 3. The van der Waals surface area contributed by atoms with E-state index in [1.54, 1.807) is 24.5 Å². The zero-order valence-corrected chi connectivity index (χ0v) is 16.9. The zero-order valence-electron chi connectivity index (χ0n) is 16.1. The van der Waals surface area contributed by atoms with Gasteiger partial charge in [-0.2, -0.15) is 14.5 Å². The zero-order chi connectivity index (χ0) is 19.7. The highest BCUT2D eigenvalue weighted by molar-refractivity contribution is 8.25. The summed E-state index contributed by atoms with van der Waals surface area (Å²) in [6.07, 6.45) is 7.80. The van der Waals surface area contributed by atoms with E-state index in [0.717, 1.165) is 54.0 Å². The SMILES string of the molecule is C=S(=C)(C)N1CCC(c2[nH]nc(-c3ccc(F)cc3)c2-c2ccncc2)CC1. The van der Waals surface area contributed by atoms with Gasteiger partial charge in [-0.1, -0.05) is 11.7 Å². The normalized spacial score (nSPS) is 16.4. The lowest BCUT2D eigenvalue weighted by Gasteiger charge is -2.35. The van der Waals surface area contributed by atoms with E-state index in [2.05, 4.69) is 37.5 Å². The van der Waals surface area contributed by atoms with E-state index in [0.29, 0.717) is 5.92 Å². The summed E-state index contributed by atoms with van der Waals surface area (Å²) in [6.45, 7) is 1.98. The molecule has 1 saturated heterocycles. The Morgan fingerprint density at radius 3 is 2.29 bits per heavy atom. The molecule has 146 valence electrons. The number of nitrogens with one attached hydrogen (secondary N) is 1. The molecule has 1 aliphatic rings. The Balaban J connectivity index is 1.73. The van der Waals surface area contributed by atoms with Crippen LogP contribution in [0.2, 0.25) is 0 Å². The van der Waals surface area contributed by atoms with Crippen molar-refractivity contribution < 1.29 is 4.39 Å². The van der Waals surface area contributed by atoms with Gasteiger partial charge in [0.1, 0.15) is 11.5 Å². The minimum atomic E-state index is -1.17. The quantitative estimate of drug-likeness (QED) is 0.652. The predicted octanol–water partition coefficient (Wildman–Crippen LogP) is 4.67. The number of benzene rings is 1. The molecule has 1 N–H and O–H groups in total. The van der Waals surface area contributed by atoms with Crippen LogP contribution in [-0.4, -0.2) is 50.6 Å². The maximum Gasteiger partial charge on any atom is 0.123 e. The highest BCUT2D eigenvalue weighted by Gasteiger charge is 2.27. The molecule has 3 heterocycles. The summed E-state index contributed by atoms with van der Waals surface area (Å²) in [5, 5.41) is 7.94. The van der Waals surface area contributed by atoms with Crippen LogP contribution in [0.15, 0.2) is 48.8 Å². The standard InChI is InChI=1S/C22H25FN4S/c1-28(2,3)27-14-10-18(11-15-27)22-20(16-8-12-24-13-9-16)21(25-26-22)17-4-6-19(23)7-5-17/h4-9,12-13,18H,1-2,10-11,14-15H2,3H3,(H,25,26). The summed E-state index contributed by atoms with van der Waals surface area (Å²) in [4.78, 5) is 4.15. The van der Waals surface area contributed by atoms with E-state index < -0.39 is 9.39 Å². The van der Waals surface area contributed by atoms with Crippen LogP contribution < -0.4 is 0 Å². The van der Waals surface area contributed by atoms with Crippen molar-refractivity contribution in [1.29, 1.82) is 0 Å². The fraction of sp³-hybridized carbons (Fsp3) is 0.273. The predicted molar refractivity (Wildman–Crippen MR) is 119 cm³/mol. The fourth-order valence-corrected chi connectivity index (χ4v) is 4.96. The minimum Gasteiger partial charge on any atom is -0.281 e. The molecule has 3 aromatic rings. The first kappa shape index (κ1) is 18.9. The van der Waals surface area contributed by atoms with Crippen LogP contribution in [0.1, 0.15) is 24.5 Å². The first-order chi connectivity index (χ1) is 13.4. The van der Waals surface area contributed by atoms with Gasteiger partial charge in [0.05, 0.1) is 0 Å². The van der Waals surface area contributed by atoms with E-state index in [1.807, 2.05) is 12.1 Å². The number of aromatic amines is 1. The molecule has 0 saturated carbocycles. The van der Waals surface area contributed by atoms with Gasteiger partial charge in [0, 0.05) is 48.2 Å². The third-order valence-electron chi connectivity index (χ3n) is 5.37. The van der Waals surface area contributed by atoms with Gasteiger partial charge >= 0.3 is 0 Å². The minimum absolute atomic E-state index is 0.246. The van der Waals surface area contributed by atoms with Crippen LogP contribution >= 0.6 is 9.39 Å². The van der Waals surface area contributed by atoms with Crippen molar-refractivity contribution in [2.75, 3.05) is 19.3 Å². The van der Waals surface area contributed by atoms with Gasteiger partial charge < -0.3 is 0 Å². The number of piperidine rings is 1. The van der Waals surface area contributed by atoms with E-state index >= 15 is 0 Å². The van der Waals surface area contributed by atoms with Gasteiger partial charge in [-0.05, 0) is 61.1 Å². The summed E-state index contributed by atoms with van der Waals surface area (Å²) < 4.78 is 15.8. The van der Waals surface area contributed by atoms with E-state index in [-0.39, 0.29) is 5.82 Å². The number of hydrogen-bond donors (Lipinski definition) is 1. The molecule has 0 spiro atoms. The molecule has 4 nitrogen and oxygen atoms in total. The first-order valence-corrected chi connectivity index (χ1v) is 11.7. The number of halogens is 1. The molecule has 28 heavy (non-hydrogen) atoms. The van der Waals surface area contributed by atoms with Crippen LogP contribution in [0, 0.1) is 5.82 Å². The lowest BCUT2D eigenvalue weighted by molar-refractivity contribution is 0.342. The molecular weight excluding hydrogens is 371 g/mol. The average Bonchev–Trinajstić information content (AvgIpc) is 3.14. The second kappa shape index (κ2) is 7.53. The smallest absolute Gasteiger partial charge is 0.123 e. The van der Waals surface area contributed by atoms with Crippen LogP contribution in [0.5, 0.6) is 0 Å². The lowest BCUT2D eigenvalue weighted by atomic mass is 9.88. The van der Waals surface area contributed by atoms with Crippen molar-refractivity contribution in [2.24, 2.45) is 0 Å². The highest BCUT2D eigenvalue weighted by Crippen LogP contribution is 2.41. The first-order valence-electron chi connectivity index (χ1n) is 9.37. The molecule has 4 rings (SSSR count). The van der Waals surface area contributed by atoms with Gasteiger partial charge in [-0.3, -0.25) is 14.4 Å². The third-order valence-corrected chi connectivity index (χ3v) is 6.98. The van der Waals surface area contributed by atoms with Crippen molar-refractivity contribution in [3.05, 3.63) is 60.3 Å². The molecule has 0 aliphatic carbocycles. The van der Waals surface area contributed by atoms with Crippen molar-refractivity contribution in [1.82, 2.24) is 19.5 Å². The Labute approximate surface area is 166 Å². The van der Waals surface area contributed by atoms with E-state index in [4.69, 9.17) is 0 Å². The molecule has 0 bridgehead atoms. The summed E-state index contributed by atoms with van der Waals surface area (Å²) in [5.41, 5.74) is 5.07. The van der Waals surface area contributed by atoms with Crippen molar-refractivity contribution >= 4 is 21.1 Å². The van der Waals surface area contributed by atoms with E-state index in [1.165, 1.54) is 12.1 Å². The maximum absolute atomic E-state index is 13.4. The summed E-state index contributed by atoms with van der Waals surface area (Å²) in [7, 11) is -1.17. The molecule has 0 unspecified atom stereocenters. The highest BCUT2D eigenvalue weighted by atomic mass is 32.2. The lowest BCUT2D eigenvalue weighted by Crippen LogP contribution is -2.30. The number of nitrogens with zero attached hydrogens (tertiary/aromatic N) is 3. The number of H-pyrrole nitrogens is 1. The van der Waals surface area contributed by atoms with E-state index in [9.17, 15) is 4.39 Å². The molecule has 1 aromatic carbocycles. The Bertz CT molecular complexity index is 1050. The topological polar surface area (TPSA) is 44.8 Å². The van der Waals surface area contributed by atoms with Crippen molar-refractivity contribution in [3.63, 3.8) is 0 Å². The Morgan fingerprint density at radius 1 is 1.04 bits per heavy atom. The average molecular weight is 397 g/mol. The molecular formula is C22H25FN4S. The summed E-state index contributed by atoms with van der Waals surface area (Å²) in [5.74, 6) is 8.64. The van der Waals surface area contributed by atoms with Gasteiger partial charge in [0.15, 0.2) is 0 Å².